The number of aromatic nitrogens is 1. The Kier molecular flexibility index (Phi) is 2.54. The molecule has 1 rings (SSSR count). The van der Waals surface area contributed by atoms with Crippen LogP contribution in [-0.4, -0.2) is 4.98 Å². The van der Waals surface area contributed by atoms with Gasteiger partial charge in [0.2, 0.25) is 0 Å². The molecule has 1 heterocycles. The van der Waals surface area contributed by atoms with Gasteiger partial charge in [0.1, 0.15) is 0 Å². The Morgan fingerprint density at radius 2 is 2.25 bits per heavy atom. The fourth-order valence-corrected chi connectivity index (χ4v) is 1.71. The molecule has 0 saturated heterocycles. The summed E-state index contributed by atoms with van der Waals surface area (Å²) >= 11 is 3.41. The van der Waals surface area contributed by atoms with E-state index in [-0.39, 0.29) is 5.41 Å². The van der Waals surface area contributed by atoms with E-state index < -0.39 is 0 Å². The summed E-state index contributed by atoms with van der Waals surface area (Å²) in [7, 11) is 0. The number of pyridine rings is 1. The summed E-state index contributed by atoms with van der Waals surface area (Å²) in [6.07, 6.45) is 8.92. The molecule has 0 radical (unpaired) electrons. The van der Waals surface area contributed by atoms with Crippen molar-refractivity contribution in [3.8, 4) is 12.3 Å². The van der Waals surface area contributed by atoms with Gasteiger partial charge in [-0.1, -0.05) is 5.92 Å². The molecule has 0 aromatic carbocycles. The van der Waals surface area contributed by atoms with Crippen LogP contribution in [0.4, 0.5) is 0 Å². The van der Waals surface area contributed by atoms with Gasteiger partial charge in [-0.2, -0.15) is 0 Å². The second-order valence-corrected chi connectivity index (χ2v) is 3.98. The van der Waals surface area contributed by atoms with Crippen LogP contribution in [0.3, 0.4) is 0 Å². The zero-order chi connectivity index (χ0) is 9.19. The molecular formula is C10H10BrN. The minimum atomic E-state index is -0.234. The number of rotatable bonds is 1. The van der Waals surface area contributed by atoms with E-state index in [1.165, 1.54) is 0 Å². The summed E-state index contributed by atoms with van der Waals surface area (Å²) in [5, 5.41) is 0. The molecule has 0 amide bonds. The number of nitrogens with zero attached hydrogens (tertiary/aromatic N) is 1. The van der Waals surface area contributed by atoms with Crippen LogP contribution in [0.5, 0.6) is 0 Å². The second kappa shape index (κ2) is 3.28. The largest absolute Gasteiger partial charge is 0.264 e. The minimum Gasteiger partial charge on any atom is -0.264 e. The van der Waals surface area contributed by atoms with Gasteiger partial charge >= 0.3 is 0 Å². The lowest BCUT2D eigenvalue weighted by atomic mass is 9.86. The first-order chi connectivity index (χ1) is 5.58. The molecule has 0 N–H and O–H groups in total. The third-order valence-electron chi connectivity index (χ3n) is 1.81. The molecule has 0 bridgehead atoms. The number of halogens is 1. The summed E-state index contributed by atoms with van der Waals surface area (Å²) in [4.78, 5) is 3.98. The monoisotopic (exact) mass is 223 g/mol. The molecule has 12 heavy (non-hydrogen) atoms. The van der Waals surface area contributed by atoms with Crippen molar-refractivity contribution in [3.63, 3.8) is 0 Å². The van der Waals surface area contributed by atoms with E-state index in [4.69, 9.17) is 6.42 Å². The molecule has 0 aliphatic carbocycles. The van der Waals surface area contributed by atoms with Gasteiger partial charge in [-0.15, -0.1) is 6.42 Å². The molecule has 0 aliphatic heterocycles. The van der Waals surface area contributed by atoms with Gasteiger partial charge in [-0.3, -0.25) is 4.98 Å². The predicted molar refractivity (Wildman–Crippen MR) is 53.8 cm³/mol. The molecule has 1 aromatic rings. The Labute approximate surface area is 81.3 Å². The van der Waals surface area contributed by atoms with Crippen LogP contribution < -0.4 is 0 Å². The van der Waals surface area contributed by atoms with Crippen molar-refractivity contribution in [2.24, 2.45) is 0 Å². The zero-order valence-electron chi connectivity index (χ0n) is 7.13. The lowest BCUT2D eigenvalue weighted by molar-refractivity contribution is 0.693. The highest BCUT2D eigenvalue weighted by Crippen LogP contribution is 2.28. The van der Waals surface area contributed by atoms with Gasteiger partial charge in [0.25, 0.3) is 0 Å². The Morgan fingerprint density at radius 3 is 2.75 bits per heavy atom. The lowest BCUT2D eigenvalue weighted by Crippen LogP contribution is -2.14. The van der Waals surface area contributed by atoms with Crippen molar-refractivity contribution in [1.29, 1.82) is 0 Å². The van der Waals surface area contributed by atoms with Crippen molar-refractivity contribution in [3.05, 3.63) is 28.5 Å². The van der Waals surface area contributed by atoms with E-state index >= 15 is 0 Å². The lowest BCUT2D eigenvalue weighted by Gasteiger charge is -2.18. The summed E-state index contributed by atoms with van der Waals surface area (Å²) in [6, 6.07) is 1.93. The summed E-state index contributed by atoms with van der Waals surface area (Å²) in [5.74, 6) is 2.74. The number of hydrogen-bond donors (Lipinski definition) is 0. The Morgan fingerprint density at radius 1 is 1.58 bits per heavy atom. The van der Waals surface area contributed by atoms with E-state index in [0.29, 0.717) is 0 Å². The highest BCUT2D eigenvalue weighted by Gasteiger charge is 2.19. The Hall–Kier alpha value is -0.810. The van der Waals surface area contributed by atoms with Crippen LogP contribution in [0, 0.1) is 12.3 Å². The highest BCUT2D eigenvalue weighted by molar-refractivity contribution is 9.10. The Balaban J connectivity index is 3.22. The molecule has 1 aromatic heterocycles. The second-order valence-electron chi connectivity index (χ2n) is 3.12. The van der Waals surface area contributed by atoms with Crippen molar-refractivity contribution >= 4 is 15.9 Å². The van der Waals surface area contributed by atoms with Crippen LogP contribution >= 0.6 is 15.9 Å². The van der Waals surface area contributed by atoms with Crippen LogP contribution in [-0.2, 0) is 5.41 Å². The molecule has 0 atom stereocenters. The SMILES string of the molecule is C#CC(C)(C)c1ccncc1Br. The number of hydrogen-bond acceptors (Lipinski definition) is 1. The maximum atomic E-state index is 5.42. The van der Waals surface area contributed by atoms with Crippen LogP contribution in [0.1, 0.15) is 19.4 Å². The number of terminal acetylenes is 1. The van der Waals surface area contributed by atoms with Crippen molar-refractivity contribution < 1.29 is 0 Å². The average Bonchev–Trinajstić information content (AvgIpc) is 2.05. The molecule has 2 heteroatoms. The normalized spacial score (nSPS) is 10.8. The standard InChI is InChI=1S/C10H10BrN/c1-4-10(2,3)8-5-6-12-7-9(8)11/h1,5-7H,2-3H3. The van der Waals surface area contributed by atoms with Crippen LogP contribution in [0.2, 0.25) is 0 Å². The zero-order valence-corrected chi connectivity index (χ0v) is 8.72. The van der Waals surface area contributed by atoms with Gasteiger partial charge in [0.15, 0.2) is 0 Å². The van der Waals surface area contributed by atoms with E-state index in [2.05, 4.69) is 26.8 Å². The first kappa shape index (κ1) is 9.28. The van der Waals surface area contributed by atoms with E-state index in [1.54, 1.807) is 12.4 Å². The van der Waals surface area contributed by atoms with Gasteiger partial charge < -0.3 is 0 Å². The molecule has 0 aliphatic rings. The highest BCUT2D eigenvalue weighted by atomic mass is 79.9. The topological polar surface area (TPSA) is 12.9 Å². The van der Waals surface area contributed by atoms with E-state index in [9.17, 15) is 0 Å². The first-order valence-electron chi connectivity index (χ1n) is 3.65. The first-order valence-corrected chi connectivity index (χ1v) is 4.45. The fourth-order valence-electron chi connectivity index (χ4n) is 0.960. The predicted octanol–water partition coefficient (Wildman–Crippen LogP) is 2.75. The van der Waals surface area contributed by atoms with Crippen molar-refractivity contribution in [2.75, 3.05) is 0 Å². The molecule has 1 nitrogen and oxygen atoms in total. The Bertz CT molecular complexity index is 323. The van der Waals surface area contributed by atoms with Gasteiger partial charge in [0.05, 0.1) is 5.41 Å². The minimum absolute atomic E-state index is 0.234. The van der Waals surface area contributed by atoms with Gasteiger partial charge in [0, 0.05) is 16.9 Å². The van der Waals surface area contributed by atoms with E-state index in [0.717, 1.165) is 10.0 Å². The van der Waals surface area contributed by atoms with Crippen molar-refractivity contribution in [1.82, 2.24) is 4.98 Å². The van der Waals surface area contributed by atoms with E-state index in [1.807, 2.05) is 19.9 Å². The smallest absolute Gasteiger partial charge is 0.0516 e. The molecule has 0 unspecified atom stereocenters. The third-order valence-corrected chi connectivity index (χ3v) is 2.44. The molecular weight excluding hydrogens is 214 g/mol. The fraction of sp³-hybridized carbons (Fsp3) is 0.300. The quantitative estimate of drug-likeness (QED) is 0.668. The van der Waals surface area contributed by atoms with Crippen LogP contribution in [0.15, 0.2) is 22.9 Å². The summed E-state index contributed by atoms with van der Waals surface area (Å²) in [6.45, 7) is 4.01. The maximum Gasteiger partial charge on any atom is 0.0516 e. The molecule has 62 valence electrons. The molecule has 0 fully saturated rings. The van der Waals surface area contributed by atoms with Gasteiger partial charge in [-0.05, 0) is 41.4 Å². The summed E-state index contributed by atoms with van der Waals surface area (Å²) < 4.78 is 0.966. The third kappa shape index (κ3) is 1.67. The average molecular weight is 224 g/mol. The maximum absolute atomic E-state index is 5.42. The van der Waals surface area contributed by atoms with Crippen LogP contribution in [0.25, 0.3) is 0 Å². The van der Waals surface area contributed by atoms with Crippen molar-refractivity contribution in [2.45, 2.75) is 19.3 Å². The molecule has 0 spiro atoms. The summed E-state index contributed by atoms with van der Waals surface area (Å²) in [5.41, 5.74) is 0.863. The molecule has 0 saturated carbocycles. The van der Waals surface area contributed by atoms with Gasteiger partial charge in [-0.25, -0.2) is 0 Å².